The first kappa shape index (κ1) is 18.2. The van der Waals surface area contributed by atoms with Crippen LogP contribution in [-0.2, 0) is 19.1 Å². The second-order valence-electron chi connectivity index (χ2n) is 8.38. The number of amides is 2. The Labute approximate surface area is 149 Å². The predicted molar refractivity (Wildman–Crippen MR) is 92.5 cm³/mol. The van der Waals surface area contributed by atoms with Gasteiger partial charge in [0, 0.05) is 6.54 Å². The van der Waals surface area contributed by atoms with Crippen LogP contribution in [0, 0.1) is 23.2 Å². The maximum atomic E-state index is 12.2. The molecule has 2 amide bonds. The van der Waals surface area contributed by atoms with Gasteiger partial charge in [-0.3, -0.25) is 14.4 Å². The predicted octanol–water partition coefficient (Wildman–Crippen LogP) is 1.78. The lowest BCUT2D eigenvalue weighted by molar-refractivity contribution is -0.155. The van der Waals surface area contributed by atoms with Crippen LogP contribution in [0.3, 0.4) is 0 Å². The molecule has 0 spiro atoms. The summed E-state index contributed by atoms with van der Waals surface area (Å²) in [4.78, 5) is 35.4. The number of carbonyl (C=O) groups is 3. The van der Waals surface area contributed by atoms with Crippen LogP contribution >= 0.6 is 0 Å². The average Bonchev–Trinajstić information content (AvgIpc) is 2.54. The minimum Gasteiger partial charge on any atom is -0.456 e. The van der Waals surface area contributed by atoms with Crippen LogP contribution in [-0.4, -0.2) is 37.5 Å². The molecule has 4 aliphatic rings. The highest BCUT2D eigenvalue weighted by atomic mass is 16.5. The standard InChI is InChI=1S/C19H30N2O4/c1-2-3-20-16(22)11-21-17(23)12-25-18(24)10-19-7-13-4-14(8-19)6-15(5-13)9-19/h13-15H,2-12H2,1H3,(H,20,22)(H,21,23). The molecular weight excluding hydrogens is 320 g/mol. The molecule has 0 atom stereocenters. The van der Waals surface area contributed by atoms with Crippen molar-refractivity contribution in [2.45, 2.75) is 58.3 Å². The second kappa shape index (κ2) is 7.75. The van der Waals surface area contributed by atoms with Gasteiger partial charge in [-0.15, -0.1) is 0 Å². The number of esters is 1. The lowest BCUT2D eigenvalue weighted by Gasteiger charge is -2.56. The summed E-state index contributed by atoms with van der Waals surface area (Å²) < 4.78 is 5.17. The van der Waals surface area contributed by atoms with E-state index in [1.165, 1.54) is 19.3 Å². The third-order valence-electron chi connectivity index (χ3n) is 6.07. The van der Waals surface area contributed by atoms with Gasteiger partial charge in [-0.05, 0) is 68.1 Å². The van der Waals surface area contributed by atoms with E-state index in [1.54, 1.807) is 0 Å². The first-order valence-corrected chi connectivity index (χ1v) is 9.67. The van der Waals surface area contributed by atoms with E-state index in [9.17, 15) is 14.4 Å². The Hall–Kier alpha value is -1.59. The van der Waals surface area contributed by atoms with E-state index in [4.69, 9.17) is 4.74 Å². The molecule has 0 aromatic carbocycles. The summed E-state index contributed by atoms with van der Waals surface area (Å²) >= 11 is 0. The average molecular weight is 350 g/mol. The zero-order valence-electron chi connectivity index (χ0n) is 15.1. The highest BCUT2D eigenvalue weighted by Crippen LogP contribution is 2.61. The number of rotatable bonds is 8. The molecule has 2 N–H and O–H groups in total. The van der Waals surface area contributed by atoms with Crippen molar-refractivity contribution in [1.29, 1.82) is 0 Å². The smallest absolute Gasteiger partial charge is 0.306 e. The van der Waals surface area contributed by atoms with Crippen molar-refractivity contribution in [1.82, 2.24) is 10.6 Å². The summed E-state index contributed by atoms with van der Waals surface area (Å²) in [5, 5.41) is 5.15. The van der Waals surface area contributed by atoms with Gasteiger partial charge in [0.1, 0.15) is 0 Å². The fraction of sp³-hybridized carbons (Fsp3) is 0.842. The van der Waals surface area contributed by atoms with Crippen molar-refractivity contribution in [3.8, 4) is 0 Å². The summed E-state index contributed by atoms with van der Waals surface area (Å²) in [6.07, 6.45) is 8.78. The molecule has 4 fully saturated rings. The van der Waals surface area contributed by atoms with Crippen LogP contribution in [0.4, 0.5) is 0 Å². The van der Waals surface area contributed by atoms with E-state index < -0.39 is 5.91 Å². The Bertz CT molecular complexity index is 496. The van der Waals surface area contributed by atoms with Gasteiger partial charge < -0.3 is 15.4 Å². The molecule has 4 saturated carbocycles. The minimum absolute atomic E-state index is 0.0780. The molecule has 0 aromatic rings. The normalized spacial score (nSPS) is 32.3. The molecule has 0 saturated heterocycles. The number of hydrogen-bond donors (Lipinski definition) is 2. The molecule has 0 aliphatic heterocycles. The third kappa shape index (κ3) is 4.73. The van der Waals surface area contributed by atoms with Crippen LogP contribution < -0.4 is 10.6 Å². The van der Waals surface area contributed by atoms with Crippen molar-refractivity contribution >= 4 is 17.8 Å². The second-order valence-corrected chi connectivity index (χ2v) is 8.38. The maximum absolute atomic E-state index is 12.2. The molecule has 25 heavy (non-hydrogen) atoms. The van der Waals surface area contributed by atoms with E-state index in [0.29, 0.717) is 13.0 Å². The summed E-state index contributed by atoms with van der Waals surface area (Å²) in [5.74, 6) is 1.46. The third-order valence-corrected chi connectivity index (χ3v) is 6.07. The SMILES string of the molecule is CCCNC(=O)CNC(=O)COC(=O)CC12CC3CC(CC(C3)C1)C2. The van der Waals surface area contributed by atoms with Crippen molar-refractivity contribution in [3.05, 3.63) is 0 Å². The molecule has 4 aliphatic carbocycles. The lowest BCUT2D eigenvalue weighted by Crippen LogP contribution is -2.47. The summed E-state index contributed by atoms with van der Waals surface area (Å²) in [6, 6.07) is 0. The zero-order chi connectivity index (χ0) is 17.9. The largest absolute Gasteiger partial charge is 0.456 e. The van der Waals surface area contributed by atoms with Crippen LogP contribution in [0.2, 0.25) is 0 Å². The van der Waals surface area contributed by atoms with Gasteiger partial charge in [-0.2, -0.15) is 0 Å². The quantitative estimate of drug-likeness (QED) is 0.654. The monoisotopic (exact) mass is 350 g/mol. The van der Waals surface area contributed by atoms with Crippen molar-refractivity contribution in [2.24, 2.45) is 23.2 Å². The van der Waals surface area contributed by atoms with E-state index in [2.05, 4.69) is 10.6 Å². The lowest BCUT2D eigenvalue weighted by atomic mass is 9.49. The van der Waals surface area contributed by atoms with Gasteiger partial charge in [0.2, 0.25) is 5.91 Å². The maximum Gasteiger partial charge on any atom is 0.306 e. The van der Waals surface area contributed by atoms with Crippen LogP contribution in [0.25, 0.3) is 0 Å². The van der Waals surface area contributed by atoms with Crippen molar-refractivity contribution in [2.75, 3.05) is 19.7 Å². The summed E-state index contributed by atoms with van der Waals surface area (Å²) in [7, 11) is 0. The van der Waals surface area contributed by atoms with E-state index in [0.717, 1.165) is 43.4 Å². The molecular formula is C19H30N2O4. The minimum atomic E-state index is -0.425. The molecule has 6 heteroatoms. The van der Waals surface area contributed by atoms with Crippen LogP contribution in [0.1, 0.15) is 58.3 Å². The fourth-order valence-electron chi connectivity index (χ4n) is 5.57. The van der Waals surface area contributed by atoms with Crippen molar-refractivity contribution in [3.63, 3.8) is 0 Å². The number of ether oxygens (including phenoxy) is 1. The molecule has 0 heterocycles. The van der Waals surface area contributed by atoms with Gasteiger partial charge in [0.15, 0.2) is 6.61 Å². The molecule has 0 radical (unpaired) electrons. The highest BCUT2D eigenvalue weighted by molar-refractivity contribution is 5.86. The molecule has 0 aromatic heterocycles. The highest BCUT2D eigenvalue weighted by Gasteiger charge is 2.51. The number of hydrogen-bond acceptors (Lipinski definition) is 4. The zero-order valence-corrected chi connectivity index (χ0v) is 15.1. The molecule has 4 bridgehead atoms. The summed E-state index contributed by atoms with van der Waals surface area (Å²) in [6.45, 7) is 2.18. The van der Waals surface area contributed by atoms with Crippen LogP contribution in [0.5, 0.6) is 0 Å². The number of nitrogens with one attached hydrogen (secondary N) is 2. The molecule has 6 nitrogen and oxygen atoms in total. The molecule has 0 unspecified atom stereocenters. The van der Waals surface area contributed by atoms with Gasteiger partial charge >= 0.3 is 5.97 Å². The Morgan fingerprint density at radius 1 is 0.960 bits per heavy atom. The Balaban J connectivity index is 1.37. The molecule has 4 rings (SSSR count). The first-order valence-electron chi connectivity index (χ1n) is 9.67. The van der Waals surface area contributed by atoms with Crippen molar-refractivity contribution < 1.29 is 19.1 Å². The Morgan fingerprint density at radius 2 is 1.56 bits per heavy atom. The van der Waals surface area contributed by atoms with Gasteiger partial charge in [0.05, 0.1) is 13.0 Å². The van der Waals surface area contributed by atoms with Gasteiger partial charge in [-0.1, -0.05) is 6.92 Å². The van der Waals surface area contributed by atoms with E-state index in [-0.39, 0.29) is 30.4 Å². The van der Waals surface area contributed by atoms with E-state index >= 15 is 0 Å². The van der Waals surface area contributed by atoms with Gasteiger partial charge in [-0.25, -0.2) is 0 Å². The summed E-state index contributed by atoms with van der Waals surface area (Å²) in [5.41, 5.74) is 0.127. The Morgan fingerprint density at radius 3 is 2.12 bits per heavy atom. The first-order chi connectivity index (χ1) is 12.0. The molecule has 140 valence electrons. The number of carbonyl (C=O) groups excluding carboxylic acids is 3. The van der Waals surface area contributed by atoms with Gasteiger partial charge in [0.25, 0.3) is 5.91 Å². The fourth-order valence-corrected chi connectivity index (χ4v) is 5.57. The van der Waals surface area contributed by atoms with E-state index in [1.807, 2.05) is 6.92 Å². The Kier molecular flexibility index (Phi) is 5.64. The topological polar surface area (TPSA) is 84.5 Å². The van der Waals surface area contributed by atoms with Crippen LogP contribution in [0.15, 0.2) is 0 Å².